The van der Waals surface area contributed by atoms with Gasteiger partial charge in [-0.3, -0.25) is 0 Å². The Labute approximate surface area is 330 Å². The van der Waals surface area contributed by atoms with E-state index in [1.165, 1.54) is 0 Å². The quantitative estimate of drug-likeness (QED) is 0.109. The Morgan fingerprint density at radius 1 is 0.339 bits per heavy atom. The molecule has 0 aromatic heterocycles. The summed E-state index contributed by atoms with van der Waals surface area (Å²) in [5.74, 6) is -5.66. The predicted molar refractivity (Wildman–Crippen MR) is 217 cm³/mol. The molecule has 3 aromatic carbocycles. The van der Waals surface area contributed by atoms with Gasteiger partial charge in [0.25, 0.3) is 0 Å². The molecule has 4 aliphatic rings. The topological polar surface area (TPSA) is 36.9 Å². The summed E-state index contributed by atoms with van der Waals surface area (Å²) in [4.78, 5) is 0. The Kier molecular flexibility index (Phi) is 9.34. The molecule has 56 heavy (non-hydrogen) atoms. The summed E-state index contributed by atoms with van der Waals surface area (Å²) in [6, 6.07) is 15.6. The van der Waals surface area contributed by atoms with Gasteiger partial charge in [0.05, 0.1) is 22.4 Å². The number of halogens is 4. The van der Waals surface area contributed by atoms with Gasteiger partial charge in [-0.15, -0.1) is 0 Å². The van der Waals surface area contributed by atoms with Gasteiger partial charge in [0.15, 0.2) is 23.3 Å². The van der Waals surface area contributed by atoms with Crippen molar-refractivity contribution >= 4 is 25.2 Å². The van der Waals surface area contributed by atoms with Gasteiger partial charge in [0.2, 0.25) is 0 Å². The highest BCUT2D eigenvalue weighted by Crippen LogP contribution is 2.46. The molecule has 2 saturated heterocycles. The number of allylic oxidation sites excluding steroid dienone is 8. The lowest BCUT2D eigenvalue weighted by molar-refractivity contribution is 0.00578. The van der Waals surface area contributed by atoms with Crippen molar-refractivity contribution in [3.05, 3.63) is 143 Å². The highest BCUT2D eigenvalue weighted by atomic mass is 19.2. The molecule has 0 unspecified atom stereocenters. The van der Waals surface area contributed by atoms with E-state index in [0.29, 0.717) is 0 Å². The number of hydrogen-bond acceptors (Lipinski definition) is 4. The minimum atomic E-state index is -1.46. The summed E-state index contributed by atoms with van der Waals surface area (Å²) >= 11 is 0. The number of hydrogen-bond donors (Lipinski definition) is 0. The van der Waals surface area contributed by atoms with Crippen LogP contribution in [0.3, 0.4) is 0 Å². The summed E-state index contributed by atoms with van der Waals surface area (Å²) in [6.07, 6.45) is 13.7. The van der Waals surface area contributed by atoms with Gasteiger partial charge in [0, 0.05) is 32.8 Å². The lowest BCUT2D eigenvalue weighted by Gasteiger charge is -2.36. The fourth-order valence-corrected chi connectivity index (χ4v) is 7.86. The zero-order valence-electron chi connectivity index (χ0n) is 34.5. The Bertz CT molecular complexity index is 1940. The van der Waals surface area contributed by atoms with Crippen molar-refractivity contribution in [2.75, 3.05) is 0 Å². The molecule has 2 fully saturated rings. The van der Waals surface area contributed by atoms with Crippen LogP contribution in [0.4, 0.5) is 17.6 Å². The Hall–Kier alpha value is -3.69. The first-order valence-corrected chi connectivity index (χ1v) is 19.4. The maximum absolute atomic E-state index is 16.2. The third kappa shape index (κ3) is 6.39. The van der Waals surface area contributed by atoms with E-state index < -0.39 is 92.7 Å². The van der Waals surface area contributed by atoms with Crippen molar-refractivity contribution in [2.24, 2.45) is 0 Å². The van der Waals surface area contributed by atoms with E-state index in [-0.39, 0.29) is 0 Å². The largest absolute Gasteiger partial charge is 0.494 e. The van der Waals surface area contributed by atoms with Crippen LogP contribution in [0.15, 0.2) is 97.1 Å². The average molecular weight is 767 g/mol. The lowest BCUT2D eigenvalue weighted by Crippen LogP contribution is -2.41. The highest BCUT2D eigenvalue weighted by molar-refractivity contribution is 6.62. The molecule has 0 N–H and O–H groups in total. The van der Waals surface area contributed by atoms with Crippen LogP contribution in [0.1, 0.15) is 105 Å². The molecule has 2 heterocycles. The number of rotatable bonds is 6. The molecule has 0 atom stereocenters. The summed E-state index contributed by atoms with van der Waals surface area (Å²) in [6.45, 7) is 23.0. The van der Waals surface area contributed by atoms with Crippen LogP contribution < -0.4 is 10.9 Å². The summed E-state index contributed by atoms with van der Waals surface area (Å²) < 4.78 is 89.6. The fourth-order valence-electron chi connectivity index (χ4n) is 7.86. The second-order valence-corrected chi connectivity index (χ2v) is 18.9. The molecule has 2 aliphatic carbocycles. The molecule has 0 spiro atoms. The fraction of sp³-hybridized carbons (Fsp3) is 0.435. The first-order valence-electron chi connectivity index (χ1n) is 19.4. The molecule has 0 saturated carbocycles. The van der Waals surface area contributed by atoms with Crippen LogP contribution in [0, 0.1) is 23.3 Å². The predicted octanol–water partition coefficient (Wildman–Crippen LogP) is 9.52. The van der Waals surface area contributed by atoms with Crippen LogP contribution in [-0.2, 0) is 40.3 Å². The van der Waals surface area contributed by atoms with Crippen molar-refractivity contribution in [3.8, 4) is 0 Å². The minimum Gasteiger partial charge on any atom is -0.399 e. The first-order chi connectivity index (χ1) is 25.8. The van der Waals surface area contributed by atoms with Gasteiger partial charge in [-0.1, -0.05) is 97.1 Å². The molecule has 3 aromatic rings. The van der Waals surface area contributed by atoms with E-state index in [2.05, 4.69) is 0 Å². The molecule has 0 amide bonds. The SMILES string of the molecule is CC1(c2ccc(B3OC(C)(C)C(C)(C)O3)cc2)C=CC(C)(c2c(F)c(F)c(C3(C)C=CC(C)(c4ccc(B5OC(C)(C)C(C)(C)O5)cc4)C=C3)c(F)c2F)C=C1. The molecular formula is C46H52B2F4O4. The molecule has 7 rings (SSSR count). The molecule has 4 nitrogen and oxygen atoms in total. The van der Waals surface area contributed by atoms with Gasteiger partial charge < -0.3 is 18.6 Å². The molecule has 0 radical (unpaired) electrons. The van der Waals surface area contributed by atoms with Crippen molar-refractivity contribution in [2.45, 2.75) is 127 Å². The van der Waals surface area contributed by atoms with Crippen LogP contribution in [0.5, 0.6) is 0 Å². The van der Waals surface area contributed by atoms with Crippen LogP contribution in [-0.4, -0.2) is 36.6 Å². The molecule has 294 valence electrons. The van der Waals surface area contributed by atoms with Crippen molar-refractivity contribution in [1.29, 1.82) is 0 Å². The van der Waals surface area contributed by atoms with E-state index in [1.54, 1.807) is 38.2 Å². The Balaban J connectivity index is 1.11. The van der Waals surface area contributed by atoms with E-state index in [1.807, 2.05) is 142 Å². The van der Waals surface area contributed by atoms with Gasteiger partial charge >= 0.3 is 14.2 Å². The van der Waals surface area contributed by atoms with E-state index >= 15 is 17.6 Å². The van der Waals surface area contributed by atoms with Crippen LogP contribution >= 0.6 is 0 Å². The van der Waals surface area contributed by atoms with Crippen molar-refractivity contribution in [1.82, 2.24) is 0 Å². The van der Waals surface area contributed by atoms with E-state index in [9.17, 15) is 0 Å². The van der Waals surface area contributed by atoms with E-state index in [0.717, 1.165) is 22.1 Å². The summed E-state index contributed by atoms with van der Waals surface area (Å²) in [7, 11) is -1.03. The first kappa shape index (κ1) is 40.5. The summed E-state index contributed by atoms with van der Waals surface area (Å²) in [5.41, 5.74) is -3.91. The zero-order chi connectivity index (χ0) is 41.1. The smallest absolute Gasteiger partial charge is 0.399 e. The number of benzene rings is 3. The standard InChI is InChI=1S/C46H52B2F4O4/c1-39(2)40(3,4)54-47(53-39)31-17-13-29(14-18-31)43(9)21-25-45(11,26-22-43)33-35(49)37(51)34(38(52)36(33)50)46(12)27-23-44(10,24-28-46)30-15-19-32(20-16-30)48-55-41(5,6)42(7,8)56-48/h13-28H,1-12H3. The van der Waals surface area contributed by atoms with Gasteiger partial charge in [-0.25, -0.2) is 17.6 Å². The van der Waals surface area contributed by atoms with Crippen molar-refractivity contribution in [3.63, 3.8) is 0 Å². The second kappa shape index (κ2) is 12.9. The second-order valence-electron chi connectivity index (χ2n) is 18.9. The third-order valence-electron chi connectivity index (χ3n) is 13.6. The monoisotopic (exact) mass is 766 g/mol. The lowest BCUT2D eigenvalue weighted by atomic mass is 9.68. The minimum absolute atomic E-state index is 0.475. The zero-order valence-corrected chi connectivity index (χ0v) is 34.5. The normalized spacial score (nSPS) is 31.1. The molecular weight excluding hydrogens is 714 g/mol. The van der Waals surface area contributed by atoms with Gasteiger partial charge in [-0.2, -0.15) is 0 Å². The molecule has 2 aliphatic heterocycles. The molecule has 10 heteroatoms. The van der Waals surface area contributed by atoms with Gasteiger partial charge in [0.1, 0.15) is 0 Å². The summed E-state index contributed by atoms with van der Waals surface area (Å²) in [5, 5.41) is 0. The Morgan fingerprint density at radius 3 is 0.786 bits per heavy atom. The molecule has 0 bridgehead atoms. The highest BCUT2D eigenvalue weighted by Gasteiger charge is 2.53. The maximum Gasteiger partial charge on any atom is 0.494 e. The Morgan fingerprint density at radius 2 is 0.554 bits per heavy atom. The van der Waals surface area contributed by atoms with Gasteiger partial charge in [-0.05, 0) is 105 Å². The van der Waals surface area contributed by atoms with Crippen molar-refractivity contribution < 1.29 is 36.2 Å². The third-order valence-corrected chi connectivity index (χ3v) is 13.6. The van der Waals surface area contributed by atoms with Crippen LogP contribution in [0.2, 0.25) is 0 Å². The van der Waals surface area contributed by atoms with Crippen LogP contribution in [0.25, 0.3) is 0 Å². The average Bonchev–Trinajstić information content (AvgIpc) is 3.50. The maximum atomic E-state index is 16.2. The van der Waals surface area contributed by atoms with E-state index in [4.69, 9.17) is 18.6 Å².